The van der Waals surface area contributed by atoms with Crippen molar-refractivity contribution < 1.29 is 14.3 Å². The van der Waals surface area contributed by atoms with E-state index in [1.165, 1.54) is 12.4 Å². The summed E-state index contributed by atoms with van der Waals surface area (Å²) in [5, 5.41) is 5.09. The highest BCUT2D eigenvalue weighted by Crippen LogP contribution is 2.30. The van der Waals surface area contributed by atoms with Crippen molar-refractivity contribution in [1.82, 2.24) is 10.4 Å². The number of carbonyl (C=O) groups excluding carboxylic acids is 1. The molecule has 6 nitrogen and oxygen atoms in total. The van der Waals surface area contributed by atoms with E-state index in [9.17, 15) is 4.79 Å². The summed E-state index contributed by atoms with van der Waals surface area (Å²) >= 11 is 12.1. The molecule has 2 aromatic carbocycles. The Bertz CT molecular complexity index is 1040. The maximum atomic E-state index is 12.0. The molecule has 1 heterocycles. The van der Waals surface area contributed by atoms with Crippen LogP contribution >= 0.6 is 23.2 Å². The van der Waals surface area contributed by atoms with E-state index in [2.05, 4.69) is 15.5 Å². The topological polar surface area (TPSA) is 72.8 Å². The maximum Gasteiger partial charge on any atom is 0.272 e. The van der Waals surface area contributed by atoms with Gasteiger partial charge in [0.25, 0.3) is 5.91 Å². The molecule has 0 unspecified atom stereocenters. The lowest BCUT2D eigenvalue weighted by Gasteiger charge is -2.13. The van der Waals surface area contributed by atoms with Crippen molar-refractivity contribution in [3.63, 3.8) is 0 Å². The monoisotopic (exact) mass is 443 g/mol. The Morgan fingerprint density at radius 1 is 1.13 bits per heavy atom. The number of benzene rings is 2. The van der Waals surface area contributed by atoms with Crippen LogP contribution in [0.25, 0.3) is 0 Å². The summed E-state index contributed by atoms with van der Waals surface area (Å²) in [4.78, 5) is 15.9. The summed E-state index contributed by atoms with van der Waals surface area (Å²) in [6.07, 6.45) is 4.59. The van der Waals surface area contributed by atoms with Crippen LogP contribution in [0.2, 0.25) is 10.0 Å². The number of pyridine rings is 1. The molecule has 0 spiro atoms. The van der Waals surface area contributed by atoms with E-state index in [1.54, 1.807) is 48.7 Å². The van der Waals surface area contributed by atoms with E-state index < -0.39 is 0 Å². The number of hydrogen-bond acceptors (Lipinski definition) is 5. The van der Waals surface area contributed by atoms with Gasteiger partial charge in [-0.2, -0.15) is 5.10 Å². The highest BCUT2D eigenvalue weighted by atomic mass is 35.5. The molecule has 0 aliphatic rings. The smallest absolute Gasteiger partial charge is 0.272 e. The van der Waals surface area contributed by atoms with Gasteiger partial charge in [0.1, 0.15) is 6.61 Å². The first-order valence-corrected chi connectivity index (χ1v) is 9.89. The van der Waals surface area contributed by atoms with Gasteiger partial charge in [-0.3, -0.25) is 9.78 Å². The normalized spacial score (nSPS) is 10.8. The molecule has 0 atom stereocenters. The predicted octanol–water partition coefficient (Wildman–Crippen LogP) is 5.13. The standard InChI is InChI=1S/C22H19Cl2N3O3/c1-2-29-21-10-15(12-26-27-22(28)16-4-3-9-25-13-16)5-8-20(21)30-14-17-6-7-18(23)11-19(17)24/h3-13H,2,14H2,1H3,(H,27,28)/b26-12-. The Morgan fingerprint density at radius 3 is 2.73 bits per heavy atom. The lowest BCUT2D eigenvalue weighted by atomic mass is 10.2. The summed E-state index contributed by atoms with van der Waals surface area (Å²) in [5.41, 5.74) is 4.44. The summed E-state index contributed by atoms with van der Waals surface area (Å²) in [5.74, 6) is 0.786. The van der Waals surface area contributed by atoms with Gasteiger partial charge in [0.15, 0.2) is 11.5 Å². The van der Waals surface area contributed by atoms with Crippen molar-refractivity contribution in [3.8, 4) is 11.5 Å². The van der Waals surface area contributed by atoms with Crippen molar-refractivity contribution in [1.29, 1.82) is 0 Å². The molecule has 1 amide bonds. The number of halogens is 2. The third-order valence-corrected chi connectivity index (χ3v) is 4.56. The van der Waals surface area contributed by atoms with Crippen LogP contribution in [-0.2, 0) is 6.61 Å². The molecule has 0 fully saturated rings. The number of hydrazone groups is 1. The summed E-state index contributed by atoms with van der Waals surface area (Å²) < 4.78 is 11.6. The van der Waals surface area contributed by atoms with Crippen molar-refractivity contribution >= 4 is 35.3 Å². The van der Waals surface area contributed by atoms with Gasteiger partial charge >= 0.3 is 0 Å². The van der Waals surface area contributed by atoms with Gasteiger partial charge in [-0.15, -0.1) is 0 Å². The average Bonchev–Trinajstić information content (AvgIpc) is 2.75. The largest absolute Gasteiger partial charge is 0.490 e. The Kier molecular flexibility index (Phi) is 7.65. The molecule has 30 heavy (non-hydrogen) atoms. The van der Waals surface area contributed by atoms with E-state index in [0.717, 1.165) is 11.1 Å². The minimum absolute atomic E-state index is 0.269. The molecule has 0 bridgehead atoms. The van der Waals surface area contributed by atoms with E-state index in [0.29, 0.717) is 33.7 Å². The zero-order valence-corrected chi connectivity index (χ0v) is 17.7. The van der Waals surface area contributed by atoms with Crippen LogP contribution in [0.3, 0.4) is 0 Å². The van der Waals surface area contributed by atoms with Crippen molar-refractivity contribution in [2.75, 3.05) is 6.61 Å². The first kappa shape index (κ1) is 21.6. The SMILES string of the molecule is CCOc1cc(/C=N\NC(=O)c2cccnc2)ccc1OCc1ccc(Cl)cc1Cl. The number of nitrogens with zero attached hydrogens (tertiary/aromatic N) is 2. The molecule has 0 aliphatic heterocycles. The highest BCUT2D eigenvalue weighted by Gasteiger charge is 2.09. The molecule has 0 saturated carbocycles. The third kappa shape index (κ3) is 5.95. The Morgan fingerprint density at radius 2 is 2.00 bits per heavy atom. The fraction of sp³-hybridized carbons (Fsp3) is 0.136. The molecular weight excluding hydrogens is 425 g/mol. The lowest BCUT2D eigenvalue weighted by Crippen LogP contribution is -2.17. The Hall–Kier alpha value is -3.09. The van der Waals surface area contributed by atoms with Crippen LogP contribution in [0.1, 0.15) is 28.4 Å². The first-order chi connectivity index (χ1) is 14.6. The maximum absolute atomic E-state index is 12.0. The van der Waals surface area contributed by atoms with Crippen LogP contribution in [0.15, 0.2) is 66.0 Å². The zero-order chi connectivity index (χ0) is 21.3. The zero-order valence-electron chi connectivity index (χ0n) is 16.1. The molecule has 8 heteroatoms. The van der Waals surface area contributed by atoms with Crippen LogP contribution in [0.5, 0.6) is 11.5 Å². The molecule has 0 saturated heterocycles. The number of nitrogens with one attached hydrogen (secondary N) is 1. The predicted molar refractivity (Wildman–Crippen MR) is 118 cm³/mol. The average molecular weight is 444 g/mol. The molecule has 1 aromatic heterocycles. The highest BCUT2D eigenvalue weighted by molar-refractivity contribution is 6.35. The third-order valence-electron chi connectivity index (χ3n) is 3.97. The summed E-state index contributed by atoms with van der Waals surface area (Å²) in [6.45, 7) is 2.62. The second-order valence-corrected chi connectivity index (χ2v) is 6.95. The van der Waals surface area contributed by atoms with Crippen molar-refractivity contribution in [2.45, 2.75) is 13.5 Å². The fourth-order valence-electron chi connectivity index (χ4n) is 2.51. The minimum atomic E-state index is -0.343. The number of amides is 1. The number of rotatable bonds is 8. The number of aromatic nitrogens is 1. The van der Waals surface area contributed by atoms with E-state index in [4.69, 9.17) is 32.7 Å². The van der Waals surface area contributed by atoms with Gasteiger partial charge < -0.3 is 9.47 Å². The summed E-state index contributed by atoms with van der Waals surface area (Å²) in [7, 11) is 0. The minimum Gasteiger partial charge on any atom is -0.490 e. The van der Waals surface area contributed by atoms with Gasteiger partial charge in [-0.05, 0) is 55.0 Å². The van der Waals surface area contributed by atoms with E-state index in [1.807, 2.05) is 13.0 Å². The second-order valence-electron chi connectivity index (χ2n) is 6.10. The van der Waals surface area contributed by atoms with Gasteiger partial charge in [0, 0.05) is 28.0 Å². The molecule has 0 radical (unpaired) electrons. The Balaban J connectivity index is 1.67. The quantitative estimate of drug-likeness (QED) is 0.386. The number of hydrogen-bond donors (Lipinski definition) is 1. The molecule has 3 aromatic rings. The number of ether oxygens (including phenoxy) is 2. The molecular formula is C22H19Cl2N3O3. The van der Waals surface area contributed by atoms with Crippen LogP contribution in [0, 0.1) is 0 Å². The van der Waals surface area contributed by atoms with E-state index >= 15 is 0 Å². The van der Waals surface area contributed by atoms with E-state index in [-0.39, 0.29) is 12.5 Å². The lowest BCUT2D eigenvalue weighted by molar-refractivity contribution is 0.0955. The number of carbonyl (C=O) groups is 1. The van der Waals surface area contributed by atoms with Crippen LogP contribution in [-0.4, -0.2) is 23.7 Å². The van der Waals surface area contributed by atoms with Crippen molar-refractivity contribution in [3.05, 3.63) is 87.7 Å². The molecule has 0 aliphatic carbocycles. The van der Waals surface area contributed by atoms with Crippen LogP contribution < -0.4 is 14.9 Å². The molecule has 3 rings (SSSR count). The van der Waals surface area contributed by atoms with Gasteiger partial charge in [-0.25, -0.2) is 5.43 Å². The summed E-state index contributed by atoms with van der Waals surface area (Å²) in [6, 6.07) is 14.0. The molecule has 1 N–H and O–H groups in total. The van der Waals surface area contributed by atoms with Crippen molar-refractivity contribution in [2.24, 2.45) is 5.10 Å². The second kappa shape index (κ2) is 10.6. The van der Waals surface area contributed by atoms with Gasteiger partial charge in [0.2, 0.25) is 0 Å². The van der Waals surface area contributed by atoms with Crippen LogP contribution in [0.4, 0.5) is 0 Å². The first-order valence-electron chi connectivity index (χ1n) is 9.14. The van der Waals surface area contributed by atoms with Gasteiger partial charge in [0.05, 0.1) is 18.4 Å². The van der Waals surface area contributed by atoms with Gasteiger partial charge in [-0.1, -0.05) is 29.3 Å². The fourth-order valence-corrected chi connectivity index (χ4v) is 2.98. The molecule has 154 valence electrons. The Labute approximate surface area is 184 Å².